The van der Waals surface area contributed by atoms with Crippen molar-refractivity contribution in [1.29, 1.82) is 0 Å². The van der Waals surface area contributed by atoms with Crippen molar-refractivity contribution < 1.29 is 0 Å². The van der Waals surface area contributed by atoms with Crippen LogP contribution in [0, 0.1) is 6.92 Å². The van der Waals surface area contributed by atoms with Crippen LogP contribution < -0.4 is 0 Å². The lowest BCUT2D eigenvalue weighted by atomic mass is 10.1. The van der Waals surface area contributed by atoms with Gasteiger partial charge in [0, 0.05) is 35.3 Å². The highest BCUT2D eigenvalue weighted by Gasteiger charge is 2.31. The topological polar surface area (TPSA) is 16.1 Å². The minimum atomic E-state index is 0.454. The highest BCUT2D eigenvalue weighted by atomic mass is 32.1. The molecule has 0 aromatic carbocycles. The second kappa shape index (κ2) is 3.59. The number of likely N-dealkylation sites (N-methyl/N-ethyl adjacent to an activating group) is 1. The summed E-state index contributed by atoms with van der Waals surface area (Å²) in [7, 11) is 2.14. The molecule has 1 aromatic heterocycles. The van der Waals surface area contributed by atoms with Gasteiger partial charge in [0.1, 0.15) is 0 Å². The zero-order valence-corrected chi connectivity index (χ0v) is 9.61. The molecule has 1 aliphatic heterocycles. The molecule has 0 N–H and O–H groups in total. The Labute approximate surface area is 88.4 Å². The van der Waals surface area contributed by atoms with Crippen molar-refractivity contribution in [3.8, 4) is 0 Å². The van der Waals surface area contributed by atoms with Gasteiger partial charge in [-0.2, -0.15) is 12.6 Å². The quantitative estimate of drug-likeness (QED) is 0.717. The lowest BCUT2D eigenvalue weighted by molar-refractivity contribution is 0.412. The maximum atomic E-state index is 4.59. The SMILES string of the molecule is Cc1csc(C2CN(C)CC2S)n1. The van der Waals surface area contributed by atoms with Crippen LogP contribution >= 0.6 is 24.0 Å². The molecule has 0 saturated carbocycles. The molecule has 13 heavy (non-hydrogen) atoms. The molecule has 2 atom stereocenters. The van der Waals surface area contributed by atoms with E-state index in [0.717, 1.165) is 18.8 Å². The van der Waals surface area contributed by atoms with Gasteiger partial charge < -0.3 is 4.90 Å². The molecule has 0 radical (unpaired) electrons. The Morgan fingerprint density at radius 1 is 1.62 bits per heavy atom. The molecule has 1 aromatic rings. The molecule has 1 aliphatic rings. The van der Waals surface area contributed by atoms with Crippen LogP contribution in [0.3, 0.4) is 0 Å². The summed E-state index contributed by atoms with van der Waals surface area (Å²) in [5.41, 5.74) is 1.13. The molecule has 2 rings (SSSR count). The van der Waals surface area contributed by atoms with Crippen molar-refractivity contribution in [2.75, 3.05) is 20.1 Å². The van der Waals surface area contributed by atoms with E-state index in [1.54, 1.807) is 11.3 Å². The molecular formula is C9H14N2S2. The smallest absolute Gasteiger partial charge is 0.0983 e. The van der Waals surface area contributed by atoms with Gasteiger partial charge in [0.25, 0.3) is 0 Å². The molecular weight excluding hydrogens is 200 g/mol. The summed E-state index contributed by atoms with van der Waals surface area (Å²) < 4.78 is 0. The molecule has 1 saturated heterocycles. The third-order valence-electron chi connectivity index (χ3n) is 2.43. The fourth-order valence-electron chi connectivity index (χ4n) is 1.76. The summed E-state index contributed by atoms with van der Waals surface area (Å²) in [4.78, 5) is 6.84. The van der Waals surface area contributed by atoms with Crippen LogP contribution in [0.2, 0.25) is 0 Å². The second-order valence-corrected chi connectivity index (χ2v) is 5.28. The summed E-state index contributed by atoms with van der Waals surface area (Å²) in [6.07, 6.45) is 0. The summed E-state index contributed by atoms with van der Waals surface area (Å²) >= 11 is 6.36. The number of hydrogen-bond acceptors (Lipinski definition) is 4. The zero-order valence-electron chi connectivity index (χ0n) is 7.90. The van der Waals surface area contributed by atoms with Crippen LogP contribution in [-0.4, -0.2) is 35.3 Å². The molecule has 2 unspecified atom stereocenters. The third-order valence-corrected chi connectivity index (χ3v) is 4.04. The van der Waals surface area contributed by atoms with E-state index in [1.165, 1.54) is 5.01 Å². The maximum Gasteiger partial charge on any atom is 0.0983 e. The van der Waals surface area contributed by atoms with Crippen LogP contribution in [0.1, 0.15) is 16.6 Å². The Morgan fingerprint density at radius 2 is 2.38 bits per heavy atom. The van der Waals surface area contributed by atoms with Crippen molar-refractivity contribution in [3.63, 3.8) is 0 Å². The lowest BCUT2D eigenvalue weighted by Gasteiger charge is -2.09. The van der Waals surface area contributed by atoms with Crippen LogP contribution in [0.15, 0.2) is 5.38 Å². The standard InChI is InChI=1S/C9H14N2S2/c1-6-5-13-9(10-6)7-3-11(2)4-8(7)12/h5,7-8,12H,3-4H2,1-2H3. The number of aryl methyl sites for hydroxylation is 1. The van der Waals surface area contributed by atoms with E-state index in [-0.39, 0.29) is 0 Å². The number of rotatable bonds is 1. The molecule has 2 nitrogen and oxygen atoms in total. The van der Waals surface area contributed by atoms with Gasteiger partial charge in [0.05, 0.1) is 5.01 Å². The average Bonchev–Trinajstić information content (AvgIpc) is 2.58. The Bertz CT molecular complexity index is 298. The first kappa shape index (κ1) is 9.49. The minimum absolute atomic E-state index is 0.454. The van der Waals surface area contributed by atoms with Gasteiger partial charge in [-0.05, 0) is 14.0 Å². The third kappa shape index (κ3) is 1.90. The fraction of sp³-hybridized carbons (Fsp3) is 0.667. The van der Waals surface area contributed by atoms with E-state index in [2.05, 4.69) is 34.9 Å². The first-order valence-electron chi connectivity index (χ1n) is 4.45. The molecule has 72 valence electrons. The van der Waals surface area contributed by atoms with Crippen molar-refractivity contribution in [2.24, 2.45) is 0 Å². The fourth-order valence-corrected chi connectivity index (χ4v) is 3.33. The normalized spacial score (nSPS) is 29.8. The predicted molar refractivity (Wildman–Crippen MR) is 59.9 cm³/mol. The van der Waals surface area contributed by atoms with Gasteiger partial charge in [-0.1, -0.05) is 0 Å². The van der Waals surface area contributed by atoms with Crippen LogP contribution in [0.25, 0.3) is 0 Å². The number of thiol groups is 1. The highest BCUT2D eigenvalue weighted by Crippen LogP contribution is 2.31. The average molecular weight is 214 g/mol. The van der Waals surface area contributed by atoms with Crippen molar-refractivity contribution in [1.82, 2.24) is 9.88 Å². The minimum Gasteiger partial charge on any atom is -0.305 e. The molecule has 1 fully saturated rings. The largest absolute Gasteiger partial charge is 0.305 e. The van der Waals surface area contributed by atoms with Gasteiger partial charge in [0.2, 0.25) is 0 Å². The Balaban J connectivity index is 2.17. The first-order valence-corrected chi connectivity index (χ1v) is 5.85. The summed E-state index contributed by atoms with van der Waals surface area (Å²) in [6, 6.07) is 0. The van der Waals surface area contributed by atoms with Crippen LogP contribution in [0.5, 0.6) is 0 Å². The zero-order chi connectivity index (χ0) is 9.42. The van der Waals surface area contributed by atoms with E-state index in [0.29, 0.717) is 11.2 Å². The van der Waals surface area contributed by atoms with E-state index in [4.69, 9.17) is 0 Å². The first-order chi connectivity index (χ1) is 6.16. The van der Waals surface area contributed by atoms with Gasteiger partial charge in [-0.3, -0.25) is 0 Å². The van der Waals surface area contributed by atoms with Crippen LogP contribution in [-0.2, 0) is 0 Å². The Morgan fingerprint density at radius 3 is 2.85 bits per heavy atom. The molecule has 0 amide bonds. The van der Waals surface area contributed by atoms with E-state index >= 15 is 0 Å². The van der Waals surface area contributed by atoms with Crippen LogP contribution in [0.4, 0.5) is 0 Å². The lowest BCUT2D eigenvalue weighted by Crippen LogP contribution is -2.13. The highest BCUT2D eigenvalue weighted by molar-refractivity contribution is 7.81. The van der Waals surface area contributed by atoms with Crippen molar-refractivity contribution >= 4 is 24.0 Å². The number of likely N-dealkylation sites (tertiary alicyclic amines) is 1. The van der Waals surface area contributed by atoms with Gasteiger partial charge >= 0.3 is 0 Å². The Kier molecular flexibility index (Phi) is 2.62. The van der Waals surface area contributed by atoms with E-state index in [9.17, 15) is 0 Å². The Hall–Kier alpha value is -0.0600. The van der Waals surface area contributed by atoms with Gasteiger partial charge in [0.15, 0.2) is 0 Å². The number of hydrogen-bond donors (Lipinski definition) is 1. The summed E-state index contributed by atoms with van der Waals surface area (Å²) in [5, 5.41) is 3.83. The molecule has 0 bridgehead atoms. The monoisotopic (exact) mass is 214 g/mol. The second-order valence-electron chi connectivity index (χ2n) is 3.72. The van der Waals surface area contributed by atoms with Crippen molar-refractivity contribution in [3.05, 3.63) is 16.1 Å². The van der Waals surface area contributed by atoms with Crippen molar-refractivity contribution in [2.45, 2.75) is 18.1 Å². The summed E-state index contributed by atoms with van der Waals surface area (Å²) in [5.74, 6) is 0.534. The van der Waals surface area contributed by atoms with E-state index in [1.807, 2.05) is 6.92 Å². The number of thiazole rings is 1. The van der Waals surface area contributed by atoms with Gasteiger partial charge in [-0.15, -0.1) is 11.3 Å². The molecule has 0 aliphatic carbocycles. The number of nitrogens with zero attached hydrogens (tertiary/aromatic N) is 2. The maximum absolute atomic E-state index is 4.59. The molecule has 0 spiro atoms. The van der Waals surface area contributed by atoms with Gasteiger partial charge in [-0.25, -0.2) is 4.98 Å². The molecule has 2 heterocycles. The predicted octanol–water partition coefficient (Wildman–Crippen LogP) is 1.78. The van der Waals surface area contributed by atoms with E-state index < -0.39 is 0 Å². The number of aromatic nitrogens is 1. The summed E-state index contributed by atoms with van der Waals surface area (Å²) in [6.45, 7) is 4.22. The molecule has 4 heteroatoms.